The Bertz CT molecular complexity index is 1170. The number of nitrogens with zero attached hydrogens (tertiary/aromatic N) is 1. The van der Waals surface area contributed by atoms with Gasteiger partial charge in [-0.3, -0.25) is 9.59 Å². The maximum Gasteiger partial charge on any atom is 0.416 e. The van der Waals surface area contributed by atoms with Gasteiger partial charge in [-0.25, -0.2) is 4.39 Å². The largest absolute Gasteiger partial charge is 0.416 e. The zero-order valence-electron chi connectivity index (χ0n) is 16.0. The van der Waals surface area contributed by atoms with Crippen LogP contribution in [-0.4, -0.2) is 10.5 Å². The number of benzene rings is 2. The summed E-state index contributed by atoms with van der Waals surface area (Å²) in [7, 11) is 1.50. The lowest BCUT2D eigenvalue weighted by Gasteiger charge is -2.17. The Kier molecular flexibility index (Phi) is 5.64. The number of halogens is 4. The number of nitrogens with one attached hydrogen (secondary N) is 2. The molecule has 30 heavy (non-hydrogen) atoms. The molecule has 156 valence electrons. The average Bonchev–Trinajstić information content (AvgIpc) is 2.66. The molecule has 1 heterocycles. The van der Waals surface area contributed by atoms with E-state index in [9.17, 15) is 27.2 Å². The predicted octanol–water partition coefficient (Wildman–Crippen LogP) is 4.85. The van der Waals surface area contributed by atoms with Crippen LogP contribution in [0.5, 0.6) is 0 Å². The van der Waals surface area contributed by atoms with E-state index in [2.05, 4.69) is 10.6 Å². The number of hydrogen-bond acceptors (Lipinski definition) is 3. The molecule has 0 saturated heterocycles. The van der Waals surface area contributed by atoms with E-state index >= 15 is 0 Å². The maximum atomic E-state index is 13.4. The molecule has 0 aliphatic heterocycles. The monoisotopic (exact) mass is 419 g/mol. The summed E-state index contributed by atoms with van der Waals surface area (Å²) in [6.07, 6.45) is -3.22. The van der Waals surface area contributed by atoms with Crippen LogP contribution in [0.1, 0.15) is 21.5 Å². The molecule has 1 amide bonds. The first kappa shape index (κ1) is 21.1. The fourth-order valence-electron chi connectivity index (χ4n) is 2.80. The zero-order chi connectivity index (χ0) is 22.1. The number of anilines is 3. The normalized spacial score (nSPS) is 11.3. The van der Waals surface area contributed by atoms with Crippen molar-refractivity contribution in [2.24, 2.45) is 7.05 Å². The van der Waals surface area contributed by atoms with Gasteiger partial charge in [-0.15, -0.1) is 0 Å². The molecule has 5 nitrogen and oxygen atoms in total. The molecule has 0 spiro atoms. The van der Waals surface area contributed by atoms with Gasteiger partial charge in [0, 0.05) is 25.0 Å². The average molecular weight is 419 g/mol. The molecule has 0 aliphatic carbocycles. The van der Waals surface area contributed by atoms with Gasteiger partial charge < -0.3 is 15.2 Å². The van der Waals surface area contributed by atoms with Crippen molar-refractivity contribution >= 4 is 23.0 Å². The topological polar surface area (TPSA) is 63.1 Å². The van der Waals surface area contributed by atoms with Crippen LogP contribution in [0.2, 0.25) is 0 Å². The summed E-state index contributed by atoms with van der Waals surface area (Å²) in [5.41, 5.74) is -0.267. The Hall–Kier alpha value is -3.62. The molecule has 2 aromatic carbocycles. The number of amides is 1. The Morgan fingerprint density at radius 2 is 1.73 bits per heavy atom. The summed E-state index contributed by atoms with van der Waals surface area (Å²) in [4.78, 5) is 24.2. The van der Waals surface area contributed by atoms with Gasteiger partial charge >= 0.3 is 6.18 Å². The van der Waals surface area contributed by atoms with Gasteiger partial charge in [0.25, 0.3) is 5.91 Å². The molecule has 3 aromatic rings. The molecule has 0 unspecified atom stereocenters. The number of pyridine rings is 1. The van der Waals surface area contributed by atoms with Crippen molar-refractivity contribution in [3.63, 3.8) is 0 Å². The van der Waals surface area contributed by atoms with Gasteiger partial charge in [-0.1, -0.05) is 0 Å². The third-order valence-electron chi connectivity index (χ3n) is 4.39. The molecular weight excluding hydrogens is 402 g/mol. The first-order valence-corrected chi connectivity index (χ1v) is 8.77. The summed E-state index contributed by atoms with van der Waals surface area (Å²) in [6.45, 7) is 1.59. The third kappa shape index (κ3) is 4.68. The zero-order valence-corrected chi connectivity index (χ0v) is 16.0. The Labute approximate surface area is 169 Å². The SMILES string of the molecule is Cc1cc(F)ccc1Nc1cc(C(F)(F)F)ccc1C(=O)Nc1ccc(=O)n(C)c1. The van der Waals surface area contributed by atoms with Crippen LogP contribution in [0.15, 0.2) is 59.5 Å². The second kappa shape index (κ2) is 8.02. The number of hydrogen-bond donors (Lipinski definition) is 2. The highest BCUT2D eigenvalue weighted by molar-refractivity contribution is 6.08. The summed E-state index contributed by atoms with van der Waals surface area (Å²) in [5.74, 6) is -1.17. The van der Waals surface area contributed by atoms with Gasteiger partial charge in [0.15, 0.2) is 0 Å². The van der Waals surface area contributed by atoms with Gasteiger partial charge in [0.1, 0.15) is 5.82 Å². The van der Waals surface area contributed by atoms with Crippen molar-refractivity contribution in [2.75, 3.05) is 10.6 Å². The van der Waals surface area contributed by atoms with Crippen LogP contribution in [0.25, 0.3) is 0 Å². The number of alkyl halides is 3. The van der Waals surface area contributed by atoms with Crippen LogP contribution >= 0.6 is 0 Å². The second-order valence-corrected chi connectivity index (χ2v) is 6.66. The molecule has 2 N–H and O–H groups in total. The summed E-state index contributed by atoms with van der Waals surface area (Å²) in [5, 5.41) is 5.34. The first-order valence-electron chi connectivity index (χ1n) is 8.77. The van der Waals surface area contributed by atoms with Crippen LogP contribution < -0.4 is 16.2 Å². The molecule has 3 rings (SSSR count). The summed E-state index contributed by atoms with van der Waals surface area (Å²) < 4.78 is 54.2. The van der Waals surface area contributed by atoms with E-state index in [1.165, 1.54) is 42.1 Å². The number of rotatable bonds is 4. The van der Waals surface area contributed by atoms with Crippen LogP contribution in [0.4, 0.5) is 34.6 Å². The Balaban J connectivity index is 2.00. The van der Waals surface area contributed by atoms with E-state index < -0.39 is 23.5 Å². The minimum Gasteiger partial charge on any atom is -0.355 e. The van der Waals surface area contributed by atoms with Gasteiger partial charge in [-0.2, -0.15) is 13.2 Å². The molecule has 9 heteroatoms. The minimum absolute atomic E-state index is 0.0550. The number of aryl methyl sites for hydroxylation is 2. The lowest BCUT2D eigenvalue weighted by Crippen LogP contribution is -2.19. The lowest BCUT2D eigenvalue weighted by atomic mass is 10.1. The van der Waals surface area contributed by atoms with E-state index in [0.717, 1.165) is 24.3 Å². The summed E-state index contributed by atoms with van der Waals surface area (Å²) in [6, 6.07) is 9.08. The van der Waals surface area contributed by atoms with Crippen molar-refractivity contribution in [1.29, 1.82) is 0 Å². The predicted molar refractivity (Wildman–Crippen MR) is 105 cm³/mol. The minimum atomic E-state index is -4.61. The van der Waals surface area contributed by atoms with Crippen LogP contribution in [0.3, 0.4) is 0 Å². The standard InChI is InChI=1S/C21H17F4N3O2/c1-12-9-14(22)4-7-17(12)27-18-10-13(21(23,24)25)3-6-16(18)20(30)26-15-5-8-19(29)28(2)11-15/h3-11,27H,1-2H3,(H,26,30). The van der Waals surface area contributed by atoms with Crippen LogP contribution in [-0.2, 0) is 13.2 Å². The van der Waals surface area contributed by atoms with Crippen LogP contribution in [0, 0.1) is 12.7 Å². The van der Waals surface area contributed by atoms with E-state index in [-0.39, 0.29) is 16.8 Å². The van der Waals surface area contributed by atoms with Crippen molar-refractivity contribution in [3.8, 4) is 0 Å². The van der Waals surface area contributed by atoms with Crippen molar-refractivity contribution in [2.45, 2.75) is 13.1 Å². The third-order valence-corrected chi connectivity index (χ3v) is 4.39. The number of carbonyl (C=O) groups excluding carboxylic acids is 1. The van der Waals surface area contributed by atoms with Gasteiger partial charge in [0.2, 0.25) is 5.56 Å². The van der Waals surface area contributed by atoms with Crippen molar-refractivity contribution in [1.82, 2.24) is 4.57 Å². The molecule has 0 aliphatic rings. The molecule has 0 fully saturated rings. The lowest BCUT2D eigenvalue weighted by molar-refractivity contribution is -0.137. The second-order valence-electron chi connectivity index (χ2n) is 6.66. The van der Waals surface area contributed by atoms with Gasteiger partial charge in [-0.05, 0) is 55.0 Å². The van der Waals surface area contributed by atoms with Crippen molar-refractivity contribution < 1.29 is 22.4 Å². The van der Waals surface area contributed by atoms with Crippen molar-refractivity contribution in [3.05, 3.63) is 87.6 Å². The van der Waals surface area contributed by atoms with E-state index in [1.807, 2.05) is 0 Å². The number of aromatic nitrogens is 1. The number of carbonyl (C=O) groups is 1. The smallest absolute Gasteiger partial charge is 0.355 e. The maximum absolute atomic E-state index is 13.4. The highest BCUT2D eigenvalue weighted by Crippen LogP contribution is 2.34. The first-order chi connectivity index (χ1) is 14.0. The highest BCUT2D eigenvalue weighted by atomic mass is 19.4. The highest BCUT2D eigenvalue weighted by Gasteiger charge is 2.31. The fraction of sp³-hybridized carbons (Fsp3) is 0.143. The Morgan fingerprint density at radius 1 is 1.00 bits per heavy atom. The molecule has 0 bridgehead atoms. The Morgan fingerprint density at radius 3 is 2.37 bits per heavy atom. The molecule has 0 saturated carbocycles. The van der Waals surface area contributed by atoms with E-state index in [4.69, 9.17) is 0 Å². The fourth-order valence-corrected chi connectivity index (χ4v) is 2.80. The molecule has 0 radical (unpaired) electrons. The molecule has 0 atom stereocenters. The quantitative estimate of drug-likeness (QED) is 0.595. The molecular formula is C21H17F4N3O2. The van der Waals surface area contributed by atoms with E-state index in [1.54, 1.807) is 6.92 Å². The summed E-state index contributed by atoms with van der Waals surface area (Å²) >= 11 is 0. The molecule has 1 aromatic heterocycles. The van der Waals surface area contributed by atoms with Gasteiger partial charge in [0.05, 0.1) is 22.5 Å². The van der Waals surface area contributed by atoms with E-state index in [0.29, 0.717) is 16.9 Å².